The molecule has 94 valence electrons. The third-order valence-corrected chi connectivity index (χ3v) is 2.59. The third-order valence-electron chi connectivity index (χ3n) is 2.59. The Balaban J connectivity index is 2.01. The van der Waals surface area contributed by atoms with Gasteiger partial charge in [-0.3, -0.25) is 9.48 Å². The number of aromatic nitrogens is 2. The molecule has 18 heavy (non-hydrogen) atoms. The number of hydrogen-bond acceptors (Lipinski definition) is 3. The fourth-order valence-corrected chi connectivity index (χ4v) is 1.65. The summed E-state index contributed by atoms with van der Waals surface area (Å²) in [5.74, 6) is 1.36. The van der Waals surface area contributed by atoms with Gasteiger partial charge in [-0.05, 0) is 17.7 Å². The number of benzene rings is 1. The van der Waals surface area contributed by atoms with Crippen LogP contribution < -0.4 is 10.1 Å². The topological polar surface area (TPSA) is 56.1 Å². The molecular weight excluding hydrogens is 230 g/mol. The number of ether oxygens (including phenoxy) is 1. The van der Waals surface area contributed by atoms with Crippen LogP contribution in [0.4, 0.5) is 5.82 Å². The average molecular weight is 245 g/mol. The van der Waals surface area contributed by atoms with Gasteiger partial charge in [0.2, 0.25) is 5.91 Å². The summed E-state index contributed by atoms with van der Waals surface area (Å²) in [6.45, 7) is 0. The van der Waals surface area contributed by atoms with Crippen LogP contribution in [0.15, 0.2) is 36.5 Å². The zero-order valence-corrected chi connectivity index (χ0v) is 10.4. The molecule has 0 saturated carbocycles. The van der Waals surface area contributed by atoms with Crippen LogP contribution in [0.1, 0.15) is 5.56 Å². The van der Waals surface area contributed by atoms with Crippen molar-refractivity contribution in [2.24, 2.45) is 7.05 Å². The highest BCUT2D eigenvalue weighted by Crippen LogP contribution is 2.13. The summed E-state index contributed by atoms with van der Waals surface area (Å²) in [5.41, 5.74) is 0.911. The summed E-state index contributed by atoms with van der Waals surface area (Å²) >= 11 is 0. The van der Waals surface area contributed by atoms with E-state index in [1.54, 1.807) is 31.1 Å². The van der Waals surface area contributed by atoms with Gasteiger partial charge >= 0.3 is 0 Å². The average Bonchev–Trinajstić information content (AvgIpc) is 2.75. The molecule has 5 heteroatoms. The van der Waals surface area contributed by atoms with E-state index in [9.17, 15) is 4.79 Å². The monoisotopic (exact) mass is 245 g/mol. The standard InChI is InChI=1S/C13H15N3O2/c1-16-12(6-7-14-16)15-13(17)9-10-4-3-5-11(8-10)18-2/h3-8H,9H2,1-2H3,(H,15,17). The van der Waals surface area contributed by atoms with E-state index >= 15 is 0 Å². The summed E-state index contributed by atoms with van der Waals surface area (Å²) in [4.78, 5) is 11.8. The first kappa shape index (κ1) is 12.2. The van der Waals surface area contributed by atoms with Crippen molar-refractivity contribution in [3.63, 3.8) is 0 Å². The predicted octanol–water partition coefficient (Wildman–Crippen LogP) is 1.61. The Morgan fingerprint density at radius 3 is 2.94 bits per heavy atom. The highest BCUT2D eigenvalue weighted by molar-refractivity contribution is 5.91. The van der Waals surface area contributed by atoms with Crippen LogP contribution in [0, 0.1) is 0 Å². The first-order valence-corrected chi connectivity index (χ1v) is 5.60. The molecule has 0 saturated heterocycles. The first-order chi connectivity index (χ1) is 8.69. The van der Waals surface area contributed by atoms with Crippen molar-refractivity contribution in [3.8, 4) is 5.75 Å². The molecule has 0 spiro atoms. The molecule has 0 aliphatic carbocycles. The number of anilines is 1. The molecule has 0 aliphatic heterocycles. The maximum absolute atomic E-state index is 11.8. The van der Waals surface area contributed by atoms with E-state index in [0.29, 0.717) is 12.2 Å². The lowest BCUT2D eigenvalue weighted by Crippen LogP contribution is -2.16. The van der Waals surface area contributed by atoms with E-state index in [1.807, 2.05) is 24.3 Å². The molecule has 1 heterocycles. The van der Waals surface area contributed by atoms with Crippen LogP contribution in [0.2, 0.25) is 0 Å². The number of carbonyl (C=O) groups excluding carboxylic acids is 1. The van der Waals surface area contributed by atoms with Crippen LogP contribution in [0.3, 0.4) is 0 Å². The summed E-state index contributed by atoms with van der Waals surface area (Å²) < 4.78 is 6.73. The molecular formula is C13H15N3O2. The minimum atomic E-state index is -0.0770. The number of carbonyl (C=O) groups is 1. The van der Waals surface area contributed by atoms with Crippen molar-refractivity contribution in [1.29, 1.82) is 0 Å². The molecule has 0 aliphatic rings. The molecule has 1 aromatic heterocycles. The zero-order valence-electron chi connectivity index (χ0n) is 10.4. The lowest BCUT2D eigenvalue weighted by atomic mass is 10.1. The lowest BCUT2D eigenvalue weighted by Gasteiger charge is -2.06. The van der Waals surface area contributed by atoms with Crippen LogP contribution in [-0.2, 0) is 18.3 Å². The SMILES string of the molecule is COc1cccc(CC(=O)Nc2ccnn2C)c1. The minimum absolute atomic E-state index is 0.0770. The molecule has 0 radical (unpaired) electrons. The number of nitrogens with zero attached hydrogens (tertiary/aromatic N) is 2. The van der Waals surface area contributed by atoms with Crippen LogP contribution in [0.5, 0.6) is 5.75 Å². The number of rotatable bonds is 4. The van der Waals surface area contributed by atoms with Gasteiger partial charge in [0, 0.05) is 13.1 Å². The third kappa shape index (κ3) is 2.88. The van der Waals surface area contributed by atoms with Gasteiger partial charge in [0.15, 0.2) is 0 Å². The Bertz CT molecular complexity index is 549. The van der Waals surface area contributed by atoms with Crippen molar-refractivity contribution in [1.82, 2.24) is 9.78 Å². The van der Waals surface area contributed by atoms with E-state index in [2.05, 4.69) is 10.4 Å². The molecule has 1 amide bonds. The van der Waals surface area contributed by atoms with E-state index in [1.165, 1.54) is 0 Å². The van der Waals surface area contributed by atoms with Gasteiger partial charge in [0.25, 0.3) is 0 Å². The number of aryl methyl sites for hydroxylation is 1. The summed E-state index contributed by atoms with van der Waals surface area (Å²) in [5, 5.41) is 6.78. The van der Waals surface area contributed by atoms with Crippen LogP contribution in [-0.4, -0.2) is 22.8 Å². The van der Waals surface area contributed by atoms with Gasteiger partial charge in [-0.2, -0.15) is 5.10 Å². The Morgan fingerprint density at radius 2 is 2.28 bits per heavy atom. The van der Waals surface area contributed by atoms with Crippen molar-refractivity contribution in [2.75, 3.05) is 12.4 Å². The molecule has 0 bridgehead atoms. The Morgan fingerprint density at radius 1 is 1.44 bits per heavy atom. The molecule has 2 aromatic rings. The first-order valence-electron chi connectivity index (χ1n) is 5.60. The molecule has 0 fully saturated rings. The number of nitrogens with one attached hydrogen (secondary N) is 1. The second-order valence-electron chi connectivity index (χ2n) is 3.92. The minimum Gasteiger partial charge on any atom is -0.497 e. The summed E-state index contributed by atoms with van der Waals surface area (Å²) in [7, 11) is 3.38. The van der Waals surface area contributed by atoms with Gasteiger partial charge in [-0.25, -0.2) is 0 Å². The quantitative estimate of drug-likeness (QED) is 0.890. The summed E-state index contributed by atoms with van der Waals surface area (Å²) in [6.07, 6.45) is 1.95. The van der Waals surface area contributed by atoms with Crippen LogP contribution >= 0.6 is 0 Å². The van der Waals surface area contributed by atoms with E-state index in [4.69, 9.17) is 4.74 Å². The van der Waals surface area contributed by atoms with E-state index in [-0.39, 0.29) is 5.91 Å². The van der Waals surface area contributed by atoms with Gasteiger partial charge in [0.1, 0.15) is 11.6 Å². The normalized spacial score (nSPS) is 10.1. The largest absolute Gasteiger partial charge is 0.497 e. The number of hydrogen-bond donors (Lipinski definition) is 1. The lowest BCUT2D eigenvalue weighted by molar-refractivity contribution is -0.115. The summed E-state index contributed by atoms with van der Waals surface area (Å²) in [6, 6.07) is 9.21. The van der Waals surface area contributed by atoms with Crippen molar-refractivity contribution in [2.45, 2.75) is 6.42 Å². The fourth-order valence-electron chi connectivity index (χ4n) is 1.65. The Labute approximate surface area is 105 Å². The molecule has 1 N–H and O–H groups in total. The van der Waals surface area contributed by atoms with Gasteiger partial charge < -0.3 is 10.1 Å². The molecule has 0 unspecified atom stereocenters. The van der Waals surface area contributed by atoms with Crippen molar-refractivity contribution in [3.05, 3.63) is 42.1 Å². The fraction of sp³-hybridized carbons (Fsp3) is 0.231. The molecule has 0 atom stereocenters. The number of methoxy groups -OCH3 is 1. The Hall–Kier alpha value is -2.30. The van der Waals surface area contributed by atoms with Crippen molar-refractivity contribution < 1.29 is 9.53 Å². The number of amides is 1. The Kier molecular flexibility index (Phi) is 3.62. The highest BCUT2D eigenvalue weighted by Gasteiger charge is 2.07. The molecule has 2 rings (SSSR count). The van der Waals surface area contributed by atoms with E-state index in [0.717, 1.165) is 11.3 Å². The smallest absolute Gasteiger partial charge is 0.229 e. The molecule has 1 aromatic carbocycles. The van der Waals surface area contributed by atoms with Crippen molar-refractivity contribution >= 4 is 11.7 Å². The molecule has 5 nitrogen and oxygen atoms in total. The van der Waals surface area contributed by atoms with E-state index < -0.39 is 0 Å². The van der Waals surface area contributed by atoms with Crippen LogP contribution in [0.25, 0.3) is 0 Å². The maximum Gasteiger partial charge on any atom is 0.229 e. The predicted molar refractivity (Wildman–Crippen MR) is 68.5 cm³/mol. The maximum atomic E-state index is 11.8. The van der Waals surface area contributed by atoms with Gasteiger partial charge in [0.05, 0.1) is 19.7 Å². The van der Waals surface area contributed by atoms with Gasteiger partial charge in [-0.1, -0.05) is 12.1 Å². The second kappa shape index (κ2) is 5.35. The highest BCUT2D eigenvalue weighted by atomic mass is 16.5. The zero-order chi connectivity index (χ0) is 13.0. The second-order valence-corrected chi connectivity index (χ2v) is 3.92. The van der Waals surface area contributed by atoms with Gasteiger partial charge in [-0.15, -0.1) is 0 Å².